The van der Waals surface area contributed by atoms with Gasteiger partial charge >= 0.3 is 0 Å². The van der Waals surface area contributed by atoms with Gasteiger partial charge in [0.1, 0.15) is 21.5 Å². The smallest absolute Gasteiger partial charge is 0.215 e. The maximum atomic E-state index is 12.4. The summed E-state index contributed by atoms with van der Waals surface area (Å²) in [6, 6.07) is 5.80. The van der Waals surface area contributed by atoms with Crippen molar-refractivity contribution < 1.29 is 4.79 Å². The van der Waals surface area contributed by atoms with E-state index < -0.39 is 0 Å². The van der Waals surface area contributed by atoms with Crippen LogP contribution in [0.3, 0.4) is 0 Å². The summed E-state index contributed by atoms with van der Waals surface area (Å²) in [6.07, 6.45) is 0. The third-order valence-corrected chi connectivity index (χ3v) is 5.24. The Morgan fingerprint density at radius 3 is 2.65 bits per heavy atom. The third kappa shape index (κ3) is 2.87. The van der Waals surface area contributed by atoms with Crippen LogP contribution >= 0.6 is 38.6 Å². The number of halogens is 1. The highest BCUT2D eigenvalue weighted by molar-refractivity contribution is 9.11. The molecule has 0 spiro atoms. The van der Waals surface area contributed by atoms with Gasteiger partial charge in [0.25, 0.3) is 0 Å². The Balaban J connectivity index is 2.45. The Kier molecular flexibility index (Phi) is 4.48. The molecule has 0 atom stereocenters. The number of anilines is 2. The largest absolute Gasteiger partial charge is 0.396 e. The average Bonchev–Trinajstić information content (AvgIpc) is 2.92. The summed E-state index contributed by atoms with van der Waals surface area (Å²) in [5.74, 6) is -0.142. The van der Waals surface area contributed by atoms with E-state index in [0.29, 0.717) is 20.3 Å². The zero-order chi connectivity index (χ0) is 14.9. The minimum atomic E-state index is -0.142. The zero-order valence-electron chi connectivity index (χ0n) is 10.9. The number of thiophene rings is 2. The average molecular weight is 370 g/mol. The Bertz CT molecular complexity index is 697. The fraction of sp³-hybridized carbons (Fsp3) is 0.231. The molecule has 0 amide bonds. The number of carbonyl (C=O) groups excluding carboxylic acids is 1. The maximum absolute atomic E-state index is 12.4. The van der Waals surface area contributed by atoms with Crippen molar-refractivity contribution >= 4 is 55.1 Å². The van der Waals surface area contributed by atoms with Crippen molar-refractivity contribution in [2.24, 2.45) is 0 Å². The van der Waals surface area contributed by atoms with Gasteiger partial charge in [0.05, 0.1) is 14.4 Å². The van der Waals surface area contributed by atoms with E-state index in [-0.39, 0.29) is 17.5 Å². The molecule has 0 bridgehead atoms. The van der Waals surface area contributed by atoms with E-state index in [1.165, 1.54) is 22.7 Å². The summed E-state index contributed by atoms with van der Waals surface area (Å²) in [5.41, 5.74) is 6.56. The molecule has 0 fully saturated rings. The van der Waals surface area contributed by atoms with Crippen LogP contribution in [0.2, 0.25) is 0 Å². The number of carbonyl (C=O) groups is 1. The summed E-state index contributed by atoms with van der Waals surface area (Å²) < 4.78 is 0.886. The molecular weight excluding hydrogens is 358 g/mol. The van der Waals surface area contributed by atoms with Gasteiger partial charge in [-0.25, -0.2) is 0 Å². The van der Waals surface area contributed by atoms with Crippen molar-refractivity contribution in [3.05, 3.63) is 31.2 Å². The Morgan fingerprint density at radius 2 is 2.15 bits per heavy atom. The fourth-order valence-electron chi connectivity index (χ4n) is 1.64. The highest BCUT2D eigenvalue weighted by atomic mass is 79.9. The Hall–Kier alpha value is -1.36. The predicted molar refractivity (Wildman–Crippen MR) is 87.7 cm³/mol. The lowest BCUT2D eigenvalue weighted by Crippen LogP contribution is -2.09. The van der Waals surface area contributed by atoms with Gasteiger partial charge in [-0.2, -0.15) is 5.26 Å². The second-order valence-corrected chi connectivity index (χ2v) is 7.88. The van der Waals surface area contributed by atoms with Crippen molar-refractivity contribution in [2.75, 3.05) is 11.1 Å². The first-order valence-electron chi connectivity index (χ1n) is 5.83. The van der Waals surface area contributed by atoms with E-state index >= 15 is 0 Å². The lowest BCUT2D eigenvalue weighted by atomic mass is 10.2. The molecule has 0 aliphatic rings. The summed E-state index contributed by atoms with van der Waals surface area (Å²) in [5, 5.41) is 13.0. The molecule has 0 aliphatic heterocycles. The van der Waals surface area contributed by atoms with Crippen molar-refractivity contribution in [3.8, 4) is 6.07 Å². The van der Waals surface area contributed by atoms with Crippen LogP contribution in [0.1, 0.15) is 34.0 Å². The van der Waals surface area contributed by atoms with Gasteiger partial charge in [-0.05, 0) is 41.9 Å². The number of hydrogen-bond acceptors (Lipinski definition) is 6. The summed E-state index contributed by atoms with van der Waals surface area (Å²) in [6.45, 7) is 3.93. The first-order valence-corrected chi connectivity index (χ1v) is 8.25. The van der Waals surface area contributed by atoms with Gasteiger partial charge in [-0.1, -0.05) is 0 Å². The molecule has 2 rings (SSSR count). The molecule has 0 aliphatic carbocycles. The molecule has 20 heavy (non-hydrogen) atoms. The van der Waals surface area contributed by atoms with Crippen LogP contribution in [0.5, 0.6) is 0 Å². The SMILES string of the molecule is CC(C)Nc1sc(C(=O)c2ccc(Br)s2)c(N)c1C#N. The topological polar surface area (TPSA) is 78.9 Å². The van der Waals surface area contributed by atoms with Gasteiger partial charge in [0, 0.05) is 6.04 Å². The van der Waals surface area contributed by atoms with Crippen LogP contribution in [0.4, 0.5) is 10.7 Å². The summed E-state index contributed by atoms with van der Waals surface area (Å²) in [4.78, 5) is 13.4. The number of hydrogen-bond donors (Lipinski definition) is 2. The van der Waals surface area contributed by atoms with Gasteiger partial charge in [0.15, 0.2) is 0 Å². The second kappa shape index (κ2) is 5.95. The molecule has 0 unspecified atom stereocenters. The number of nitrogens with one attached hydrogen (secondary N) is 1. The van der Waals surface area contributed by atoms with E-state index in [2.05, 4.69) is 27.3 Å². The number of rotatable bonds is 4. The number of nitrogen functional groups attached to an aromatic ring is 1. The number of nitrogens with two attached hydrogens (primary N) is 1. The summed E-state index contributed by atoms with van der Waals surface area (Å²) in [7, 11) is 0. The van der Waals surface area contributed by atoms with Gasteiger partial charge in [0.2, 0.25) is 5.78 Å². The lowest BCUT2D eigenvalue weighted by Gasteiger charge is -2.06. The van der Waals surface area contributed by atoms with E-state index in [0.717, 1.165) is 3.79 Å². The molecule has 104 valence electrons. The van der Waals surface area contributed by atoms with Crippen molar-refractivity contribution in [2.45, 2.75) is 19.9 Å². The van der Waals surface area contributed by atoms with Gasteiger partial charge in [-0.3, -0.25) is 4.79 Å². The maximum Gasteiger partial charge on any atom is 0.215 e. The molecule has 2 aromatic rings. The first-order chi connectivity index (χ1) is 9.43. The number of nitriles is 1. The summed E-state index contributed by atoms with van der Waals surface area (Å²) >= 11 is 5.92. The molecule has 0 saturated carbocycles. The highest BCUT2D eigenvalue weighted by Gasteiger charge is 2.23. The minimum absolute atomic E-state index is 0.142. The molecule has 0 aromatic carbocycles. The zero-order valence-corrected chi connectivity index (χ0v) is 14.1. The monoisotopic (exact) mass is 369 g/mol. The molecule has 7 heteroatoms. The molecule has 0 radical (unpaired) electrons. The van der Waals surface area contributed by atoms with Crippen LogP contribution in [0.15, 0.2) is 15.9 Å². The van der Waals surface area contributed by atoms with Crippen molar-refractivity contribution in [1.82, 2.24) is 0 Å². The standard InChI is InChI=1S/C13H12BrN3OS2/c1-6(2)17-13-7(5-15)10(16)12(20-13)11(18)8-3-4-9(14)19-8/h3-4,6,17H,16H2,1-2H3. The normalized spacial score (nSPS) is 10.6. The molecule has 3 N–H and O–H groups in total. The molecule has 0 saturated heterocycles. The Labute approximate surface area is 133 Å². The molecular formula is C13H12BrN3OS2. The van der Waals surface area contributed by atoms with E-state index in [4.69, 9.17) is 5.73 Å². The van der Waals surface area contributed by atoms with Crippen molar-refractivity contribution in [1.29, 1.82) is 5.26 Å². The molecule has 2 heterocycles. The molecule has 2 aromatic heterocycles. The van der Waals surface area contributed by atoms with Crippen LogP contribution in [-0.4, -0.2) is 11.8 Å². The van der Waals surface area contributed by atoms with Crippen LogP contribution in [0.25, 0.3) is 0 Å². The number of ketones is 1. The first kappa shape index (κ1) is 15.0. The number of nitrogens with zero attached hydrogens (tertiary/aromatic N) is 1. The predicted octanol–water partition coefficient (Wildman–Crippen LogP) is 4.08. The van der Waals surface area contributed by atoms with Crippen LogP contribution < -0.4 is 11.1 Å². The van der Waals surface area contributed by atoms with E-state index in [1.807, 2.05) is 19.9 Å². The highest BCUT2D eigenvalue weighted by Crippen LogP contribution is 2.38. The third-order valence-electron chi connectivity index (χ3n) is 2.48. The van der Waals surface area contributed by atoms with Crippen LogP contribution in [0, 0.1) is 11.3 Å². The minimum Gasteiger partial charge on any atom is -0.396 e. The fourth-order valence-corrected chi connectivity index (χ4v) is 4.20. The van der Waals surface area contributed by atoms with E-state index in [9.17, 15) is 10.1 Å². The van der Waals surface area contributed by atoms with Gasteiger partial charge in [-0.15, -0.1) is 22.7 Å². The quantitative estimate of drug-likeness (QED) is 0.795. The van der Waals surface area contributed by atoms with Gasteiger partial charge < -0.3 is 11.1 Å². The van der Waals surface area contributed by atoms with E-state index in [1.54, 1.807) is 6.07 Å². The van der Waals surface area contributed by atoms with Crippen molar-refractivity contribution in [3.63, 3.8) is 0 Å². The van der Waals surface area contributed by atoms with Crippen LogP contribution in [-0.2, 0) is 0 Å². The lowest BCUT2D eigenvalue weighted by molar-refractivity contribution is 0.104. The molecule has 4 nitrogen and oxygen atoms in total. The Morgan fingerprint density at radius 1 is 1.45 bits per heavy atom. The second-order valence-electron chi connectivity index (χ2n) is 4.39.